The number of hydrogen-bond acceptors (Lipinski definition) is 4. The summed E-state index contributed by atoms with van der Waals surface area (Å²) in [7, 11) is 0. The zero-order valence-electron chi connectivity index (χ0n) is 9.11. The maximum absolute atomic E-state index is 13.2. The number of rotatable bonds is 4. The van der Waals surface area contributed by atoms with E-state index in [1.807, 2.05) is 6.92 Å². The minimum absolute atomic E-state index is 0.133. The molecule has 0 aliphatic rings. The van der Waals surface area contributed by atoms with Crippen molar-refractivity contribution < 1.29 is 13.7 Å². The van der Waals surface area contributed by atoms with Crippen LogP contribution in [0.4, 0.5) is 4.39 Å². The van der Waals surface area contributed by atoms with Gasteiger partial charge >= 0.3 is 0 Å². The topological polar surface area (TPSA) is 48.2 Å². The molecule has 2 rings (SSSR count). The standard InChI is InChI=1S/C11H10BrFN2O2/c1-2-10-14-11(17-15-10)6-16-7-3-4-8(12)9(13)5-7/h3-5H,2,6H2,1H3. The summed E-state index contributed by atoms with van der Waals surface area (Å²) in [5.41, 5.74) is 0. The van der Waals surface area contributed by atoms with Crippen molar-refractivity contribution in [3.05, 3.63) is 40.2 Å². The third kappa shape index (κ3) is 3.03. The number of aryl methyl sites for hydroxylation is 1. The van der Waals surface area contributed by atoms with Gasteiger partial charge in [0.05, 0.1) is 4.47 Å². The van der Waals surface area contributed by atoms with Crippen LogP contribution in [0, 0.1) is 5.82 Å². The fourth-order valence-corrected chi connectivity index (χ4v) is 1.45. The molecule has 0 unspecified atom stereocenters. The zero-order chi connectivity index (χ0) is 12.3. The average Bonchev–Trinajstić information content (AvgIpc) is 2.79. The molecule has 0 bridgehead atoms. The first-order valence-electron chi connectivity index (χ1n) is 5.08. The molecule has 0 N–H and O–H groups in total. The highest BCUT2D eigenvalue weighted by atomic mass is 79.9. The largest absolute Gasteiger partial charge is 0.484 e. The van der Waals surface area contributed by atoms with Crippen LogP contribution in [0.15, 0.2) is 27.2 Å². The predicted molar refractivity (Wildman–Crippen MR) is 62.1 cm³/mol. The summed E-state index contributed by atoms with van der Waals surface area (Å²) in [6, 6.07) is 4.53. The molecule has 1 heterocycles. The van der Waals surface area contributed by atoms with Crippen LogP contribution in [0.3, 0.4) is 0 Å². The summed E-state index contributed by atoms with van der Waals surface area (Å²) in [5.74, 6) is 1.06. The Balaban J connectivity index is 1.99. The summed E-state index contributed by atoms with van der Waals surface area (Å²) >= 11 is 3.07. The van der Waals surface area contributed by atoms with Crippen molar-refractivity contribution in [1.82, 2.24) is 10.1 Å². The van der Waals surface area contributed by atoms with Crippen molar-refractivity contribution in [2.24, 2.45) is 0 Å². The number of halogens is 2. The monoisotopic (exact) mass is 300 g/mol. The third-order valence-corrected chi connectivity index (χ3v) is 2.72. The van der Waals surface area contributed by atoms with E-state index in [1.54, 1.807) is 12.1 Å². The molecule has 90 valence electrons. The molecule has 0 saturated heterocycles. The quantitative estimate of drug-likeness (QED) is 0.870. The molecule has 0 saturated carbocycles. The molecule has 0 aliphatic carbocycles. The molecule has 17 heavy (non-hydrogen) atoms. The molecule has 6 heteroatoms. The van der Waals surface area contributed by atoms with Crippen LogP contribution in [0.25, 0.3) is 0 Å². The highest BCUT2D eigenvalue weighted by Crippen LogP contribution is 2.21. The normalized spacial score (nSPS) is 10.5. The van der Waals surface area contributed by atoms with Gasteiger partial charge < -0.3 is 9.26 Å². The van der Waals surface area contributed by atoms with Crippen LogP contribution in [-0.4, -0.2) is 10.1 Å². The van der Waals surface area contributed by atoms with E-state index in [0.717, 1.165) is 0 Å². The lowest BCUT2D eigenvalue weighted by molar-refractivity contribution is 0.241. The second-order valence-electron chi connectivity index (χ2n) is 3.32. The Morgan fingerprint density at radius 1 is 1.47 bits per heavy atom. The van der Waals surface area contributed by atoms with Crippen LogP contribution >= 0.6 is 15.9 Å². The summed E-state index contributed by atoms with van der Waals surface area (Å²) in [5, 5.41) is 3.73. The smallest absolute Gasteiger partial charge is 0.264 e. The molecule has 0 aliphatic heterocycles. The van der Waals surface area contributed by atoms with Gasteiger partial charge in [0.1, 0.15) is 11.6 Å². The van der Waals surface area contributed by atoms with Crippen LogP contribution < -0.4 is 4.74 Å². The lowest BCUT2D eigenvalue weighted by Crippen LogP contribution is -1.96. The lowest BCUT2D eigenvalue weighted by Gasteiger charge is -2.03. The van der Waals surface area contributed by atoms with Gasteiger partial charge in [0.15, 0.2) is 12.4 Å². The molecule has 2 aromatic rings. The fourth-order valence-electron chi connectivity index (χ4n) is 1.20. The summed E-state index contributed by atoms with van der Waals surface area (Å²) in [6.07, 6.45) is 0.705. The first-order chi connectivity index (χ1) is 8.19. The van der Waals surface area contributed by atoms with Gasteiger partial charge in [0.2, 0.25) is 0 Å². The second kappa shape index (κ2) is 5.27. The molecule has 0 spiro atoms. The average molecular weight is 301 g/mol. The van der Waals surface area contributed by atoms with E-state index in [2.05, 4.69) is 26.1 Å². The minimum Gasteiger partial charge on any atom is -0.484 e. The van der Waals surface area contributed by atoms with Gasteiger partial charge in [-0.1, -0.05) is 12.1 Å². The minimum atomic E-state index is -0.373. The third-order valence-electron chi connectivity index (χ3n) is 2.08. The van der Waals surface area contributed by atoms with Gasteiger partial charge in [-0.25, -0.2) is 4.39 Å². The Labute approximate surface area is 106 Å². The fraction of sp³-hybridized carbons (Fsp3) is 0.273. The molecule has 4 nitrogen and oxygen atoms in total. The van der Waals surface area contributed by atoms with Crippen molar-refractivity contribution >= 4 is 15.9 Å². The summed E-state index contributed by atoms with van der Waals surface area (Å²) in [6.45, 7) is 2.06. The van der Waals surface area contributed by atoms with Crippen molar-refractivity contribution in [3.8, 4) is 5.75 Å². The van der Waals surface area contributed by atoms with Crippen molar-refractivity contribution in [2.75, 3.05) is 0 Å². The lowest BCUT2D eigenvalue weighted by atomic mass is 10.3. The maximum atomic E-state index is 13.2. The Bertz CT molecular complexity index is 516. The van der Waals surface area contributed by atoms with Crippen molar-refractivity contribution in [2.45, 2.75) is 20.0 Å². The summed E-state index contributed by atoms with van der Waals surface area (Å²) < 4.78 is 23.9. The Kier molecular flexibility index (Phi) is 3.73. The van der Waals surface area contributed by atoms with E-state index < -0.39 is 0 Å². The SMILES string of the molecule is CCc1noc(COc2ccc(Br)c(F)c2)n1. The molecule has 0 radical (unpaired) electrons. The van der Waals surface area contributed by atoms with Crippen LogP contribution in [0.5, 0.6) is 5.75 Å². The van der Waals surface area contributed by atoms with Gasteiger partial charge in [-0.3, -0.25) is 0 Å². The Morgan fingerprint density at radius 2 is 2.29 bits per heavy atom. The van der Waals surface area contributed by atoms with Crippen molar-refractivity contribution in [3.63, 3.8) is 0 Å². The molecule has 0 amide bonds. The van der Waals surface area contributed by atoms with E-state index in [-0.39, 0.29) is 12.4 Å². The molecular formula is C11H10BrFN2O2. The van der Waals surface area contributed by atoms with Crippen LogP contribution in [-0.2, 0) is 13.0 Å². The molecule has 1 aromatic heterocycles. The van der Waals surface area contributed by atoms with E-state index in [0.29, 0.717) is 28.4 Å². The van der Waals surface area contributed by atoms with E-state index in [4.69, 9.17) is 9.26 Å². The zero-order valence-corrected chi connectivity index (χ0v) is 10.7. The first-order valence-corrected chi connectivity index (χ1v) is 5.87. The number of aromatic nitrogens is 2. The number of hydrogen-bond donors (Lipinski definition) is 0. The second-order valence-corrected chi connectivity index (χ2v) is 4.18. The number of benzene rings is 1. The Morgan fingerprint density at radius 3 is 2.94 bits per heavy atom. The molecular weight excluding hydrogens is 291 g/mol. The number of ether oxygens (including phenoxy) is 1. The highest BCUT2D eigenvalue weighted by Gasteiger charge is 2.06. The Hall–Kier alpha value is -1.43. The van der Waals surface area contributed by atoms with Crippen LogP contribution in [0.2, 0.25) is 0 Å². The molecule has 0 atom stereocenters. The highest BCUT2D eigenvalue weighted by molar-refractivity contribution is 9.10. The van der Waals surface area contributed by atoms with Gasteiger partial charge in [0.25, 0.3) is 5.89 Å². The van der Waals surface area contributed by atoms with Crippen molar-refractivity contribution in [1.29, 1.82) is 0 Å². The predicted octanol–water partition coefficient (Wildman–Crippen LogP) is 3.11. The maximum Gasteiger partial charge on any atom is 0.264 e. The van der Waals surface area contributed by atoms with E-state index in [9.17, 15) is 4.39 Å². The number of nitrogens with zero attached hydrogens (tertiary/aromatic N) is 2. The molecule has 1 aromatic carbocycles. The first kappa shape index (κ1) is 12.0. The molecule has 0 fully saturated rings. The van der Waals surface area contributed by atoms with Crippen LogP contribution in [0.1, 0.15) is 18.6 Å². The van der Waals surface area contributed by atoms with E-state index >= 15 is 0 Å². The van der Waals surface area contributed by atoms with Gasteiger partial charge in [-0.2, -0.15) is 4.98 Å². The van der Waals surface area contributed by atoms with Gasteiger partial charge in [0, 0.05) is 12.5 Å². The van der Waals surface area contributed by atoms with Gasteiger partial charge in [-0.15, -0.1) is 0 Å². The van der Waals surface area contributed by atoms with E-state index in [1.165, 1.54) is 6.07 Å². The van der Waals surface area contributed by atoms with Gasteiger partial charge in [-0.05, 0) is 28.1 Å². The summed E-state index contributed by atoms with van der Waals surface area (Å²) in [4.78, 5) is 4.08.